The van der Waals surface area contributed by atoms with Crippen molar-refractivity contribution in [3.8, 4) is 0 Å². The molecule has 0 aliphatic heterocycles. The molecule has 1 aromatic rings. The largest absolute Gasteiger partial charge is 0.347 e. The Morgan fingerprint density at radius 1 is 1.32 bits per heavy atom. The highest BCUT2D eigenvalue weighted by molar-refractivity contribution is 7.89. The predicted octanol–water partition coefficient (Wildman–Crippen LogP) is 2.43. The lowest BCUT2D eigenvalue weighted by atomic mass is 10.0. The molecule has 0 unspecified atom stereocenters. The molecule has 0 bridgehead atoms. The van der Waals surface area contributed by atoms with Gasteiger partial charge in [-0.3, -0.25) is 4.79 Å². The topological polar surface area (TPSA) is 75.3 Å². The number of hydrogen-bond donors (Lipinski definition) is 2. The highest BCUT2D eigenvalue weighted by Crippen LogP contribution is 2.18. The van der Waals surface area contributed by atoms with Crippen LogP contribution in [0.5, 0.6) is 0 Å². The first-order valence-corrected chi connectivity index (χ1v) is 8.61. The molecule has 0 spiro atoms. The third kappa shape index (κ3) is 4.78. The second-order valence-corrected chi connectivity index (χ2v) is 7.80. The molecular weight excluding hydrogens is 307 g/mol. The number of carbonyl (C=O) groups is 1. The third-order valence-electron chi connectivity index (χ3n) is 3.21. The van der Waals surface area contributed by atoms with Crippen LogP contribution in [0, 0.1) is 5.82 Å². The van der Waals surface area contributed by atoms with Crippen LogP contribution in [-0.2, 0) is 10.0 Å². The molecule has 5 nitrogen and oxygen atoms in total. The van der Waals surface area contributed by atoms with Crippen LogP contribution in [0.15, 0.2) is 23.1 Å². The van der Waals surface area contributed by atoms with Gasteiger partial charge < -0.3 is 5.32 Å². The molecule has 1 aromatic carbocycles. The van der Waals surface area contributed by atoms with Gasteiger partial charge in [-0.1, -0.05) is 6.92 Å². The summed E-state index contributed by atoms with van der Waals surface area (Å²) in [4.78, 5) is 11.7. The quantitative estimate of drug-likeness (QED) is 0.841. The van der Waals surface area contributed by atoms with Crippen molar-refractivity contribution in [1.29, 1.82) is 0 Å². The Morgan fingerprint density at radius 2 is 1.91 bits per heavy atom. The van der Waals surface area contributed by atoms with Crippen LogP contribution in [-0.4, -0.2) is 25.9 Å². The predicted molar refractivity (Wildman–Crippen MR) is 83.7 cm³/mol. The summed E-state index contributed by atoms with van der Waals surface area (Å²) >= 11 is 0. The molecular formula is C15H23FN2O3S. The number of hydrogen-bond acceptors (Lipinski definition) is 3. The van der Waals surface area contributed by atoms with Gasteiger partial charge in [0.15, 0.2) is 0 Å². The van der Waals surface area contributed by atoms with Gasteiger partial charge in [0.05, 0.1) is 0 Å². The standard InChI is InChI=1S/C15H23FN2O3S/c1-6-15(4,5)17-14(19)11-7-8-12(16)13(9-11)22(20,21)18-10(2)3/h7-10,18H,6H2,1-5H3,(H,17,19). The van der Waals surface area contributed by atoms with E-state index in [1.165, 1.54) is 6.07 Å². The van der Waals surface area contributed by atoms with E-state index >= 15 is 0 Å². The highest BCUT2D eigenvalue weighted by Gasteiger charge is 2.24. The molecule has 7 heteroatoms. The summed E-state index contributed by atoms with van der Waals surface area (Å²) in [5.41, 5.74) is -0.326. The van der Waals surface area contributed by atoms with Crippen LogP contribution in [0.3, 0.4) is 0 Å². The summed E-state index contributed by atoms with van der Waals surface area (Å²) in [5, 5.41) is 2.78. The second-order valence-electron chi connectivity index (χ2n) is 6.11. The smallest absolute Gasteiger partial charge is 0.251 e. The summed E-state index contributed by atoms with van der Waals surface area (Å²) in [7, 11) is -4.00. The molecule has 0 aliphatic carbocycles. The van der Waals surface area contributed by atoms with Crippen LogP contribution < -0.4 is 10.0 Å². The minimum Gasteiger partial charge on any atom is -0.347 e. The lowest BCUT2D eigenvalue weighted by Gasteiger charge is -2.24. The van der Waals surface area contributed by atoms with Crippen molar-refractivity contribution in [3.05, 3.63) is 29.6 Å². The second kappa shape index (κ2) is 6.75. The Hall–Kier alpha value is -1.47. The maximum absolute atomic E-state index is 13.8. The van der Waals surface area contributed by atoms with Gasteiger partial charge in [0.2, 0.25) is 10.0 Å². The van der Waals surface area contributed by atoms with Crippen LogP contribution in [0.25, 0.3) is 0 Å². The van der Waals surface area contributed by atoms with Gasteiger partial charge in [-0.2, -0.15) is 0 Å². The number of carbonyl (C=O) groups excluding carboxylic acids is 1. The number of halogens is 1. The van der Waals surface area contributed by atoms with E-state index in [-0.39, 0.29) is 11.6 Å². The molecule has 1 rings (SSSR count). The minimum atomic E-state index is -4.00. The van der Waals surface area contributed by atoms with Crippen LogP contribution in [0.2, 0.25) is 0 Å². The monoisotopic (exact) mass is 330 g/mol. The summed E-state index contributed by atoms with van der Waals surface area (Å²) < 4.78 is 40.3. The molecule has 124 valence electrons. The molecule has 0 aromatic heterocycles. The zero-order valence-electron chi connectivity index (χ0n) is 13.5. The normalized spacial score (nSPS) is 12.5. The number of rotatable bonds is 6. The van der Waals surface area contributed by atoms with Gasteiger partial charge in [-0.25, -0.2) is 17.5 Å². The van der Waals surface area contributed by atoms with Gasteiger partial charge in [-0.05, 0) is 52.3 Å². The zero-order valence-corrected chi connectivity index (χ0v) is 14.3. The van der Waals surface area contributed by atoms with Crippen LogP contribution in [0.4, 0.5) is 4.39 Å². The molecule has 1 amide bonds. The Kier molecular flexibility index (Phi) is 5.70. The van der Waals surface area contributed by atoms with Gasteiger partial charge in [0.25, 0.3) is 5.91 Å². The molecule has 0 aliphatic rings. The molecule has 0 atom stereocenters. The number of benzene rings is 1. The van der Waals surface area contributed by atoms with Crippen molar-refractivity contribution >= 4 is 15.9 Å². The average Bonchev–Trinajstić information content (AvgIpc) is 2.36. The summed E-state index contributed by atoms with van der Waals surface area (Å²) in [6, 6.07) is 2.94. The molecule has 0 heterocycles. The first-order chi connectivity index (χ1) is 9.98. The maximum Gasteiger partial charge on any atom is 0.251 e. The molecule has 22 heavy (non-hydrogen) atoms. The fourth-order valence-corrected chi connectivity index (χ4v) is 3.05. The van der Waals surface area contributed by atoms with Gasteiger partial charge in [0.1, 0.15) is 10.7 Å². The van der Waals surface area contributed by atoms with E-state index in [0.717, 1.165) is 12.1 Å². The van der Waals surface area contributed by atoms with Crippen molar-refractivity contribution in [1.82, 2.24) is 10.0 Å². The summed E-state index contributed by atoms with van der Waals surface area (Å²) in [6.45, 7) is 8.90. The summed E-state index contributed by atoms with van der Waals surface area (Å²) in [5.74, 6) is -1.33. The van der Waals surface area contributed by atoms with E-state index < -0.39 is 32.2 Å². The first-order valence-electron chi connectivity index (χ1n) is 7.13. The van der Waals surface area contributed by atoms with Gasteiger partial charge >= 0.3 is 0 Å². The van der Waals surface area contributed by atoms with Gasteiger partial charge in [-0.15, -0.1) is 0 Å². The van der Waals surface area contributed by atoms with Crippen molar-refractivity contribution in [2.45, 2.75) is 57.5 Å². The van der Waals surface area contributed by atoms with Crippen LogP contribution in [0.1, 0.15) is 51.4 Å². The van der Waals surface area contributed by atoms with Crippen molar-refractivity contribution in [2.75, 3.05) is 0 Å². The fraction of sp³-hybridized carbons (Fsp3) is 0.533. The lowest BCUT2D eigenvalue weighted by molar-refractivity contribution is 0.0911. The van der Waals surface area contributed by atoms with E-state index in [4.69, 9.17) is 0 Å². The zero-order chi connectivity index (χ0) is 17.1. The maximum atomic E-state index is 13.8. The molecule has 0 saturated carbocycles. The van der Waals surface area contributed by atoms with E-state index in [1.807, 2.05) is 20.8 Å². The van der Waals surface area contributed by atoms with Crippen molar-refractivity contribution in [2.24, 2.45) is 0 Å². The molecule has 0 saturated heterocycles. The lowest BCUT2D eigenvalue weighted by Crippen LogP contribution is -2.42. The van der Waals surface area contributed by atoms with E-state index in [0.29, 0.717) is 6.42 Å². The fourth-order valence-electron chi connectivity index (χ4n) is 1.69. The Balaban J connectivity index is 3.18. The first kappa shape index (κ1) is 18.6. The number of sulfonamides is 1. The third-order valence-corrected chi connectivity index (χ3v) is 4.88. The Morgan fingerprint density at radius 3 is 2.41 bits per heavy atom. The summed E-state index contributed by atoms with van der Waals surface area (Å²) in [6.07, 6.45) is 0.708. The molecule has 2 N–H and O–H groups in total. The number of nitrogens with one attached hydrogen (secondary N) is 2. The Labute approximate surface area is 131 Å². The van der Waals surface area contributed by atoms with Crippen LogP contribution >= 0.6 is 0 Å². The van der Waals surface area contributed by atoms with E-state index in [1.54, 1.807) is 13.8 Å². The van der Waals surface area contributed by atoms with Crippen molar-refractivity contribution < 1.29 is 17.6 Å². The van der Waals surface area contributed by atoms with Gasteiger partial charge in [0, 0.05) is 17.1 Å². The average molecular weight is 330 g/mol. The highest BCUT2D eigenvalue weighted by atomic mass is 32.2. The van der Waals surface area contributed by atoms with E-state index in [9.17, 15) is 17.6 Å². The van der Waals surface area contributed by atoms with Crippen molar-refractivity contribution in [3.63, 3.8) is 0 Å². The molecule has 0 fully saturated rings. The minimum absolute atomic E-state index is 0.104. The molecule has 0 radical (unpaired) electrons. The van der Waals surface area contributed by atoms with E-state index in [2.05, 4.69) is 10.0 Å². The number of amides is 1. The SMILES string of the molecule is CCC(C)(C)NC(=O)c1ccc(F)c(S(=O)(=O)NC(C)C)c1. The Bertz CT molecular complexity index is 655.